The molecule has 0 unspecified atom stereocenters. The lowest BCUT2D eigenvalue weighted by Crippen LogP contribution is -2.33. The summed E-state index contributed by atoms with van der Waals surface area (Å²) >= 11 is 0. The van der Waals surface area contributed by atoms with Crippen LogP contribution in [-0.2, 0) is 21.2 Å². The molecule has 0 amide bonds. The smallest absolute Gasteiger partial charge is 0.212 e. The zero-order valence-electron chi connectivity index (χ0n) is 10.3. The SMILES string of the molecule is O=S(=O)(c1ccccc1)[C@@]1(O)CCc2ccccc21. The van der Waals surface area contributed by atoms with Crippen LogP contribution in [0, 0.1) is 0 Å². The zero-order valence-corrected chi connectivity index (χ0v) is 11.1. The second kappa shape index (κ2) is 4.18. The van der Waals surface area contributed by atoms with Crippen LogP contribution in [-0.4, -0.2) is 13.5 Å². The topological polar surface area (TPSA) is 54.4 Å². The predicted octanol–water partition coefficient (Wildman–Crippen LogP) is 2.25. The lowest BCUT2D eigenvalue weighted by molar-refractivity contribution is 0.126. The summed E-state index contributed by atoms with van der Waals surface area (Å²) in [6.07, 6.45) is 0.794. The normalized spacial score (nSPS) is 22.2. The van der Waals surface area contributed by atoms with E-state index in [0.29, 0.717) is 12.0 Å². The van der Waals surface area contributed by atoms with Gasteiger partial charge in [-0.1, -0.05) is 42.5 Å². The van der Waals surface area contributed by atoms with Crippen LogP contribution in [0.3, 0.4) is 0 Å². The standard InChI is InChI=1S/C15H14O3S/c16-15(11-10-12-6-4-5-9-14(12)15)19(17,18)13-7-2-1-3-8-13/h1-9,16H,10-11H2/t15-/m0/s1. The highest BCUT2D eigenvalue weighted by Gasteiger charge is 2.48. The van der Waals surface area contributed by atoms with Crippen LogP contribution in [0.1, 0.15) is 17.5 Å². The van der Waals surface area contributed by atoms with Crippen molar-refractivity contribution >= 4 is 9.84 Å². The van der Waals surface area contributed by atoms with Gasteiger partial charge in [-0.2, -0.15) is 0 Å². The highest BCUT2D eigenvalue weighted by atomic mass is 32.2. The predicted molar refractivity (Wildman–Crippen MR) is 72.3 cm³/mol. The van der Waals surface area contributed by atoms with Gasteiger partial charge in [0.1, 0.15) is 0 Å². The molecule has 2 aromatic carbocycles. The first-order valence-corrected chi connectivity index (χ1v) is 7.64. The van der Waals surface area contributed by atoms with Crippen LogP contribution < -0.4 is 0 Å². The van der Waals surface area contributed by atoms with Gasteiger partial charge in [-0.25, -0.2) is 8.42 Å². The van der Waals surface area contributed by atoms with Crippen molar-refractivity contribution in [1.29, 1.82) is 0 Å². The van der Waals surface area contributed by atoms with Gasteiger partial charge in [0.15, 0.2) is 4.93 Å². The van der Waals surface area contributed by atoms with E-state index in [-0.39, 0.29) is 11.3 Å². The number of hydrogen-bond acceptors (Lipinski definition) is 3. The molecule has 1 aliphatic carbocycles. The van der Waals surface area contributed by atoms with E-state index in [1.165, 1.54) is 12.1 Å². The quantitative estimate of drug-likeness (QED) is 0.914. The van der Waals surface area contributed by atoms with Gasteiger partial charge < -0.3 is 5.11 Å². The summed E-state index contributed by atoms with van der Waals surface area (Å²) < 4.78 is 25.3. The van der Waals surface area contributed by atoms with E-state index in [9.17, 15) is 13.5 Å². The van der Waals surface area contributed by atoms with E-state index < -0.39 is 14.8 Å². The molecule has 1 N–H and O–H groups in total. The fraction of sp³-hybridized carbons (Fsp3) is 0.200. The lowest BCUT2D eigenvalue weighted by Gasteiger charge is -2.24. The summed E-state index contributed by atoms with van der Waals surface area (Å²) in [7, 11) is -3.80. The van der Waals surface area contributed by atoms with Crippen molar-refractivity contribution in [2.45, 2.75) is 22.7 Å². The Kier molecular flexibility index (Phi) is 2.73. The average Bonchev–Trinajstić information content (AvgIpc) is 2.80. The van der Waals surface area contributed by atoms with Gasteiger partial charge in [0, 0.05) is 5.56 Å². The third-order valence-corrected chi connectivity index (χ3v) is 5.88. The first-order chi connectivity index (χ1) is 9.06. The number of hydrogen-bond donors (Lipinski definition) is 1. The Bertz CT molecular complexity index is 707. The molecule has 0 saturated heterocycles. The minimum Gasteiger partial charge on any atom is -0.370 e. The zero-order chi connectivity index (χ0) is 13.5. The molecule has 1 aliphatic rings. The molecule has 0 fully saturated rings. The lowest BCUT2D eigenvalue weighted by atomic mass is 10.1. The number of sulfone groups is 1. The van der Waals surface area contributed by atoms with Gasteiger partial charge in [-0.15, -0.1) is 0 Å². The van der Waals surface area contributed by atoms with Gasteiger partial charge in [-0.05, 0) is 30.5 Å². The highest BCUT2D eigenvalue weighted by Crippen LogP contribution is 2.43. The number of fused-ring (bicyclic) bond motifs is 1. The maximum absolute atomic E-state index is 12.7. The van der Waals surface area contributed by atoms with Crippen molar-refractivity contribution < 1.29 is 13.5 Å². The Labute approximate surface area is 112 Å². The molecule has 2 aromatic rings. The first-order valence-electron chi connectivity index (χ1n) is 6.16. The Balaban J connectivity index is 2.18. The van der Waals surface area contributed by atoms with Crippen LogP contribution in [0.25, 0.3) is 0 Å². The Morgan fingerprint density at radius 2 is 1.58 bits per heavy atom. The van der Waals surface area contributed by atoms with Crippen molar-refractivity contribution in [1.82, 2.24) is 0 Å². The van der Waals surface area contributed by atoms with Crippen LogP contribution in [0.15, 0.2) is 59.5 Å². The van der Waals surface area contributed by atoms with E-state index in [2.05, 4.69) is 0 Å². The second-order valence-electron chi connectivity index (χ2n) is 4.76. The summed E-state index contributed by atoms with van der Waals surface area (Å²) in [5.74, 6) is 0. The van der Waals surface area contributed by atoms with Gasteiger partial charge >= 0.3 is 0 Å². The molecule has 0 aromatic heterocycles. The molecule has 0 bridgehead atoms. The maximum atomic E-state index is 12.7. The van der Waals surface area contributed by atoms with Crippen LogP contribution >= 0.6 is 0 Å². The molecule has 0 heterocycles. The van der Waals surface area contributed by atoms with Gasteiger partial charge in [0.25, 0.3) is 0 Å². The minimum atomic E-state index is -3.80. The van der Waals surface area contributed by atoms with Crippen molar-refractivity contribution in [3.05, 3.63) is 65.7 Å². The van der Waals surface area contributed by atoms with Crippen molar-refractivity contribution in [2.75, 3.05) is 0 Å². The van der Waals surface area contributed by atoms with Gasteiger partial charge in [0.05, 0.1) is 4.90 Å². The second-order valence-corrected chi connectivity index (χ2v) is 6.91. The molecular weight excluding hydrogens is 260 g/mol. The third kappa shape index (κ3) is 1.71. The minimum absolute atomic E-state index is 0.161. The molecule has 19 heavy (non-hydrogen) atoms. The molecule has 4 heteroatoms. The monoisotopic (exact) mass is 274 g/mol. The molecule has 0 saturated carbocycles. The molecule has 1 atom stereocenters. The van der Waals surface area contributed by atoms with Crippen molar-refractivity contribution in [2.24, 2.45) is 0 Å². The van der Waals surface area contributed by atoms with E-state index in [1.807, 2.05) is 12.1 Å². The average molecular weight is 274 g/mol. The Morgan fingerprint density at radius 3 is 2.32 bits per heavy atom. The molecule has 0 radical (unpaired) electrons. The Hall–Kier alpha value is -1.65. The molecule has 98 valence electrons. The first kappa shape index (κ1) is 12.4. The summed E-state index contributed by atoms with van der Waals surface area (Å²) in [6.45, 7) is 0. The van der Waals surface area contributed by atoms with Crippen LogP contribution in [0.2, 0.25) is 0 Å². The number of aryl methyl sites for hydroxylation is 1. The van der Waals surface area contributed by atoms with Gasteiger partial charge in [-0.3, -0.25) is 0 Å². The molecule has 0 aliphatic heterocycles. The fourth-order valence-electron chi connectivity index (χ4n) is 2.63. The van der Waals surface area contributed by atoms with Gasteiger partial charge in [0.2, 0.25) is 9.84 Å². The Morgan fingerprint density at radius 1 is 0.947 bits per heavy atom. The molecule has 0 spiro atoms. The van der Waals surface area contributed by atoms with Crippen molar-refractivity contribution in [3.8, 4) is 0 Å². The van der Waals surface area contributed by atoms with E-state index in [4.69, 9.17) is 0 Å². The number of rotatable bonds is 2. The van der Waals surface area contributed by atoms with E-state index in [0.717, 1.165) is 5.56 Å². The molecule has 3 nitrogen and oxygen atoms in total. The fourth-order valence-corrected chi connectivity index (χ4v) is 4.40. The van der Waals surface area contributed by atoms with E-state index in [1.54, 1.807) is 30.3 Å². The number of benzene rings is 2. The van der Waals surface area contributed by atoms with Crippen LogP contribution in [0.5, 0.6) is 0 Å². The maximum Gasteiger partial charge on any atom is 0.212 e. The summed E-state index contributed by atoms with van der Waals surface area (Å²) in [6, 6.07) is 15.3. The summed E-state index contributed by atoms with van der Waals surface area (Å²) in [5, 5.41) is 10.7. The highest BCUT2D eigenvalue weighted by molar-refractivity contribution is 7.92. The van der Waals surface area contributed by atoms with E-state index >= 15 is 0 Å². The third-order valence-electron chi connectivity index (χ3n) is 3.67. The largest absolute Gasteiger partial charge is 0.370 e. The van der Waals surface area contributed by atoms with Crippen LogP contribution in [0.4, 0.5) is 0 Å². The molecule has 3 rings (SSSR count). The molecular formula is C15H14O3S. The summed E-state index contributed by atoms with van der Waals surface area (Å²) in [4.78, 5) is -1.64. The number of aliphatic hydroxyl groups is 1. The summed E-state index contributed by atoms with van der Waals surface area (Å²) in [5.41, 5.74) is 1.42. The van der Waals surface area contributed by atoms with Crippen molar-refractivity contribution in [3.63, 3.8) is 0 Å².